The molecule has 0 radical (unpaired) electrons. The van der Waals surface area contributed by atoms with E-state index in [1.54, 1.807) is 20.8 Å². The Morgan fingerprint density at radius 1 is 1.11 bits per heavy atom. The molecule has 2 aromatic carbocycles. The third-order valence-corrected chi connectivity index (χ3v) is 6.63. The van der Waals surface area contributed by atoms with Crippen molar-refractivity contribution in [1.82, 2.24) is 0 Å². The Labute approximate surface area is 201 Å². The summed E-state index contributed by atoms with van der Waals surface area (Å²) in [6.07, 6.45) is -4.73. The van der Waals surface area contributed by atoms with E-state index in [4.69, 9.17) is 4.74 Å². The minimum atomic E-state index is -4.92. The van der Waals surface area contributed by atoms with Gasteiger partial charge in [0.25, 0.3) is 15.9 Å². The van der Waals surface area contributed by atoms with Crippen LogP contribution in [0.4, 0.5) is 24.5 Å². The molecule has 3 rings (SSSR count). The van der Waals surface area contributed by atoms with Gasteiger partial charge in [0, 0.05) is 17.8 Å². The maximum absolute atomic E-state index is 13.1. The molecule has 1 fully saturated rings. The van der Waals surface area contributed by atoms with Crippen LogP contribution in [0.15, 0.2) is 41.3 Å². The van der Waals surface area contributed by atoms with Gasteiger partial charge in [-0.25, -0.2) is 8.42 Å². The number of benzene rings is 2. The van der Waals surface area contributed by atoms with Crippen molar-refractivity contribution < 1.29 is 41.0 Å². The molecule has 0 aromatic heterocycles. The van der Waals surface area contributed by atoms with Crippen LogP contribution in [0, 0.1) is 5.92 Å². The van der Waals surface area contributed by atoms with E-state index in [1.165, 1.54) is 30.3 Å². The Hall–Kier alpha value is -2.99. The number of carbonyl (C=O) groups is 1. The highest BCUT2D eigenvalue weighted by Gasteiger charge is 2.35. The van der Waals surface area contributed by atoms with Crippen molar-refractivity contribution in [1.29, 1.82) is 0 Å². The minimum absolute atomic E-state index is 0.0560. The minimum Gasteiger partial charge on any atom is -0.492 e. The van der Waals surface area contributed by atoms with Gasteiger partial charge < -0.3 is 19.9 Å². The van der Waals surface area contributed by atoms with Gasteiger partial charge in [0.1, 0.15) is 22.5 Å². The quantitative estimate of drug-likeness (QED) is 0.425. The molecule has 0 spiro atoms. The van der Waals surface area contributed by atoms with E-state index in [-0.39, 0.29) is 40.5 Å². The molecule has 1 amide bonds. The van der Waals surface area contributed by atoms with E-state index in [1.807, 2.05) is 0 Å². The lowest BCUT2D eigenvalue weighted by molar-refractivity contribution is -0.274. The summed E-state index contributed by atoms with van der Waals surface area (Å²) in [6, 6.07) is 7.58. The number of amides is 1. The largest absolute Gasteiger partial charge is 0.573 e. The van der Waals surface area contributed by atoms with Crippen LogP contribution in [0.1, 0.15) is 45.1 Å². The molecule has 0 aliphatic heterocycles. The Bertz CT molecular complexity index is 1180. The van der Waals surface area contributed by atoms with Gasteiger partial charge >= 0.3 is 6.36 Å². The molecule has 35 heavy (non-hydrogen) atoms. The Morgan fingerprint density at radius 3 is 2.31 bits per heavy atom. The zero-order valence-electron chi connectivity index (χ0n) is 19.3. The molecule has 8 nitrogen and oxygen atoms in total. The van der Waals surface area contributed by atoms with E-state index < -0.39 is 34.1 Å². The first kappa shape index (κ1) is 26.6. The number of carbonyl (C=O) groups excluding carboxylic acids is 1. The summed E-state index contributed by atoms with van der Waals surface area (Å²) in [5.41, 5.74) is 0.448. The van der Waals surface area contributed by atoms with Crippen molar-refractivity contribution in [3.05, 3.63) is 42.0 Å². The van der Waals surface area contributed by atoms with Gasteiger partial charge in [0.05, 0.1) is 12.3 Å². The van der Waals surface area contributed by atoms with Gasteiger partial charge in [-0.05, 0) is 55.4 Å². The molecule has 1 saturated carbocycles. The van der Waals surface area contributed by atoms with E-state index >= 15 is 0 Å². The maximum Gasteiger partial charge on any atom is 0.573 e. The number of aliphatic hydroxyl groups is 1. The molecule has 1 aliphatic carbocycles. The predicted octanol–water partition coefficient (Wildman–Crippen LogP) is 4.62. The Morgan fingerprint density at radius 2 is 1.74 bits per heavy atom. The Balaban J connectivity index is 1.88. The van der Waals surface area contributed by atoms with Crippen LogP contribution in [-0.2, 0) is 14.8 Å². The van der Waals surface area contributed by atoms with Gasteiger partial charge in [-0.15, -0.1) is 13.2 Å². The average molecular weight is 517 g/mol. The molecule has 12 heteroatoms. The highest BCUT2D eigenvalue weighted by atomic mass is 32.2. The van der Waals surface area contributed by atoms with Gasteiger partial charge in [-0.2, -0.15) is 0 Å². The maximum atomic E-state index is 13.1. The number of ether oxygens (including phenoxy) is 2. The summed E-state index contributed by atoms with van der Waals surface area (Å²) in [7, 11) is -4.29. The molecule has 3 N–H and O–H groups in total. The number of anilines is 2. The molecule has 1 aliphatic rings. The molecule has 0 unspecified atom stereocenters. The molecule has 192 valence electrons. The second-order valence-electron chi connectivity index (χ2n) is 8.45. The normalized spacial score (nSPS) is 15.0. The van der Waals surface area contributed by atoms with Crippen LogP contribution >= 0.6 is 0 Å². The molecular formula is C23H27F3N2O6S. The van der Waals surface area contributed by atoms with Crippen LogP contribution in [0.5, 0.6) is 11.5 Å². The first-order chi connectivity index (χ1) is 16.3. The van der Waals surface area contributed by atoms with Crippen molar-refractivity contribution in [3.8, 4) is 11.5 Å². The topological polar surface area (TPSA) is 114 Å². The van der Waals surface area contributed by atoms with Crippen LogP contribution < -0.4 is 19.5 Å². The lowest BCUT2D eigenvalue weighted by Gasteiger charge is -2.18. The van der Waals surface area contributed by atoms with E-state index in [9.17, 15) is 31.5 Å². The summed E-state index contributed by atoms with van der Waals surface area (Å²) < 4.78 is 76.6. The molecule has 0 heterocycles. The predicted molar refractivity (Wildman–Crippen MR) is 123 cm³/mol. The van der Waals surface area contributed by atoms with Crippen molar-refractivity contribution in [3.63, 3.8) is 0 Å². The van der Waals surface area contributed by atoms with Crippen LogP contribution in [0.3, 0.4) is 0 Å². The van der Waals surface area contributed by atoms with Crippen molar-refractivity contribution in [2.24, 2.45) is 5.92 Å². The van der Waals surface area contributed by atoms with Crippen LogP contribution in [0.2, 0.25) is 0 Å². The van der Waals surface area contributed by atoms with Gasteiger partial charge in [-0.1, -0.05) is 19.9 Å². The zero-order valence-corrected chi connectivity index (χ0v) is 20.2. The summed E-state index contributed by atoms with van der Waals surface area (Å²) >= 11 is 0. The highest BCUT2D eigenvalue weighted by molar-refractivity contribution is 7.92. The zero-order chi connectivity index (χ0) is 26.0. The third kappa shape index (κ3) is 7.01. The average Bonchev–Trinajstić information content (AvgIpc) is 3.57. The number of aliphatic hydroxyl groups excluding tert-OH is 1. The van der Waals surface area contributed by atoms with Crippen LogP contribution in [0.25, 0.3) is 0 Å². The third-order valence-electron chi connectivity index (χ3n) is 5.21. The van der Waals surface area contributed by atoms with E-state index in [0.717, 1.165) is 18.9 Å². The monoisotopic (exact) mass is 516 g/mol. The number of hydrogen-bond acceptors (Lipinski definition) is 6. The number of sulfonamides is 1. The fraction of sp³-hybridized carbons (Fsp3) is 0.435. The van der Waals surface area contributed by atoms with E-state index in [0.29, 0.717) is 5.56 Å². The fourth-order valence-electron chi connectivity index (χ4n) is 3.35. The SMILES string of the molecule is CCOc1cc(NC(=O)[C@@H](O)C(C)C)ccc1S(=O)(=O)Nc1ccc(C2CC2)c(OC(F)(F)F)c1. The van der Waals surface area contributed by atoms with Crippen molar-refractivity contribution in [2.45, 2.75) is 56.9 Å². The number of halogens is 3. The summed E-state index contributed by atoms with van der Waals surface area (Å²) in [6.45, 7) is 5.07. The van der Waals surface area contributed by atoms with Crippen LogP contribution in [-0.4, -0.2) is 38.5 Å². The first-order valence-corrected chi connectivity index (χ1v) is 12.5. The van der Waals surface area contributed by atoms with Gasteiger partial charge in [-0.3, -0.25) is 9.52 Å². The molecule has 1 atom stereocenters. The molecule has 2 aromatic rings. The lowest BCUT2D eigenvalue weighted by Crippen LogP contribution is -2.31. The van der Waals surface area contributed by atoms with Gasteiger partial charge in [0.2, 0.25) is 0 Å². The number of alkyl halides is 3. The fourth-order valence-corrected chi connectivity index (χ4v) is 4.52. The summed E-state index contributed by atoms with van der Waals surface area (Å²) in [4.78, 5) is 11.8. The Kier molecular flexibility index (Phi) is 7.85. The second kappa shape index (κ2) is 10.3. The molecule has 0 saturated heterocycles. The second-order valence-corrected chi connectivity index (χ2v) is 10.1. The standard InChI is InChI=1S/C23H27F3N2O6S/c1-4-33-19-11-15(27-22(30)21(29)13(2)3)8-10-20(19)35(31,32)28-16-7-9-17(14-5-6-14)18(12-16)34-23(24,25)26/h7-14,21,28-29H,4-6H2,1-3H3,(H,27,30)/t21-/m0/s1. The first-order valence-electron chi connectivity index (χ1n) is 11.0. The number of rotatable bonds is 10. The van der Waals surface area contributed by atoms with Crippen molar-refractivity contribution >= 4 is 27.3 Å². The van der Waals surface area contributed by atoms with Gasteiger partial charge in [0.15, 0.2) is 0 Å². The summed E-state index contributed by atoms with van der Waals surface area (Å²) in [5, 5.41) is 12.4. The molecular weight excluding hydrogens is 489 g/mol. The highest BCUT2D eigenvalue weighted by Crippen LogP contribution is 2.46. The van der Waals surface area contributed by atoms with E-state index in [2.05, 4.69) is 14.8 Å². The van der Waals surface area contributed by atoms with Crippen molar-refractivity contribution in [2.75, 3.05) is 16.6 Å². The lowest BCUT2D eigenvalue weighted by atomic mass is 10.1. The molecule has 0 bridgehead atoms. The summed E-state index contributed by atoms with van der Waals surface area (Å²) in [5.74, 6) is -1.59. The smallest absolute Gasteiger partial charge is 0.492 e. The number of nitrogens with one attached hydrogen (secondary N) is 2. The number of hydrogen-bond donors (Lipinski definition) is 3.